The maximum Gasteiger partial charge on any atom is 0.257 e. The van der Waals surface area contributed by atoms with Crippen molar-refractivity contribution in [2.24, 2.45) is 0 Å². The van der Waals surface area contributed by atoms with E-state index in [4.69, 9.17) is 4.74 Å². The van der Waals surface area contributed by atoms with Gasteiger partial charge in [0.05, 0.1) is 0 Å². The Morgan fingerprint density at radius 2 is 2.00 bits per heavy atom. The molecule has 5 nitrogen and oxygen atoms in total. The highest BCUT2D eigenvalue weighted by Gasteiger charge is 2.15. The van der Waals surface area contributed by atoms with Crippen LogP contribution in [0.25, 0.3) is 0 Å². The van der Waals surface area contributed by atoms with Gasteiger partial charge in [0.1, 0.15) is 5.75 Å². The predicted octanol–water partition coefficient (Wildman–Crippen LogP) is 3.25. The number of hydrogen-bond donors (Lipinski definition) is 2. The van der Waals surface area contributed by atoms with Crippen LogP contribution >= 0.6 is 11.8 Å². The minimum Gasteiger partial charge on any atom is -0.484 e. The van der Waals surface area contributed by atoms with Gasteiger partial charge in [0, 0.05) is 23.5 Å². The quantitative estimate of drug-likeness (QED) is 0.553. The van der Waals surface area contributed by atoms with Crippen molar-refractivity contribution in [1.29, 1.82) is 0 Å². The van der Waals surface area contributed by atoms with Gasteiger partial charge in [0.2, 0.25) is 5.91 Å². The third-order valence-electron chi connectivity index (χ3n) is 4.00. The summed E-state index contributed by atoms with van der Waals surface area (Å²) in [6, 6.07) is 15.7. The molecule has 3 rings (SSSR count). The minimum atomic E-state index is -0.124. The van der Waals surface area contributed by atoms with Crippen LogP contribution in [0.4, 0.5) is 5.69 Å². The third kappa shape index (κ3) is 5.52. The van der Waals surface area contributed by atoms with Gasteiger partial charge in [-0.3, -0.25) is 9.59 Å². The van der Waals surface area contributed by atoms with Gasteiger partial charge < -0.3 is 15.4 Å². The zero-order chi connectivity index (χ0) is 18.2. The van der Waals surface area contributed by atoms with E-state index in [1.165, 1.54) is 4.90 Å². The number of anilines is 1. The summed E-state index contributed by atoms with van der Waals surface area (Å²) in [7, 11) is 0. The molecular weight excluding hydrogens is 348 g/mol. The Labute approximate surface area is 157 Å². The molecule has 0 atom stereocenters. The largest absolute Gasteiger partial charge is 0.484 e. The number of rotatable bonds is 8. The molecule has 6 heteroatoms. The fourth-order valence-electron chi connectivity index (χ4n) is 2.66. The lowest BCUT2D eigenvalue weighted by Gasteiger charge is -2.17. The van der Waals surface area contributed by atoms with Crippen molar-refractivity contribution < 1.29 is 14.3 Å². The van der Waals surface area contributed by atoms with E-state index < -0.39 is 0 Å². The molecule has 0 unspecified atom stereocenters. The molecule has 26 heavy (non-hydrogen) atoms. The second kappa shape index (κ2) is 9.29. The van der Waals surface area contributed by atoms with Crippen LogP contribution in [-0.4, -0.2) is 30.7 Å². The molecule has 1 aliphatic rings. The van der Waals surface area contributed by atoms with Crippen LogP contribution in [-0.2, 0) is 16.0 Å². The maximum atomic E-state index is 11.9. The summed E-state index contributed by atoms with van der Waals surface area (Å²) in [6.45, 7) is 0.634. The molecule has 2 amide bonds. The van der Waals surface area contributed by atoms with Gasteiger partial charge >= 0.3 is 0 Å². The number of thioether (sulfide) groups is 1. The summed E-state index contributed by atoms with van der Waals surface area (Å²) < 4.78 is 5.56. The van der Waals surface area contributed by atoms with Crippen molar-refractivity contribution in [3.8, 4) is 5.75 Å². The molecule has 0 saturated carbocycles. The predicted molar refractivity (Wildman–Crippen MR) is 104 cm³/mol. The Hall–Kier alpha value is -2.47. The zero-order valence-corrected chi connectivity index (χ0v) is 15.3. The highest BCUT2D eigenvalue weighted by molar-refractivity contribution is 7.99. The average molecular weight is 370 g/mol. The first-order chi connectivity index (χ1) is 12.7. The topological polar surface area (TPSA) is 67.4 Å². The summed E-state index contributed by atoms with van der Waals surface area (Å²) in [6.07, 6.45) is 2.09. The second-order valence-corrected chi connectivity index (χ2v) is 7.19. The third-order valence-corrected chi connectivity index (χ3v) is 5.10. The smallest absolute Gasteiger partial charge is 0.257 e. The molecule has 0 saturated heterocycles. The molecule has 0 spiro atoms. The van der Waals surface area contributed by atoms with Crippen molar-refractivity contribution in [3.63, 3.8) is 0 Å². The number of fused-ring (bicyclic) bond motifs is 1. The fraction of sp³-hybridized carbons (Fsp3) is 0.300. The van der Waals surface area contributed by atoms with E-state index in [-0.39, 0.29) is 18.4 Å². The van der Waals surface area contributed by atoms with Gasteiger partial charge in [-0.15, -0.1) is 11.8 Å². The summed E-state index contributed by atoms with van der Waals surface area (Å²) in [5.74, 6) is 1.52. The zero-order valence-electron chi connectivity index (χ0n) is 14.5. The molecule has 1 aliphatic heterocycles. The standard InChI is InChI=1S/C20H22N2O3S/c23-19-10-7-15-13-16(8-9-18(15)22-19)25-14-20(24)21-11-4-12-26-17-5-2-1-3-6-17/h1-3,5-6,8-9,13H,4,7,10-12,14H2,(H,21,24)(H,22,23). The Morgan fingerprint density at radius 1 is 1.15 bits per heavy atom. The summed E-state index contributed by atoms with van der Waals surface area (Å²) in [5.41, 5.74) is 1.87. The Kier molecular flexibility index (Phi) is 6.55. The molecule has 136 valence electrons. The van der Waals surface area contributed by atoms with E-state index in [0.29, 0.717) is 25.1 Å². The van der Waals surface area contributed by atoms with Crippen LogP contribution in [0.1, 0.15) is 18.4 Å². The first-order valence-electron chi connectivity index (χ1n) is 8.71. The number of hydrogen-bond acceptors (Lipinski definition) is 4. The maximum absolute atomic E-state index is 11.9. The van der Waals surface area contributed by atoms with E-state index in [0.717, 1.165) is 23.4 Å². The molecule has 2 aromatic carbocycles. The van der Waals surface area contributed by atoms with Gasteiger partial charge in [0.15, 0.2) is 6.61 Å². The van der Waals surface area contributed by atoms with Crippen molar-refractivity contribution in [2.45, 2.75) is 24.2 Å². The molecule has 0 aromatic heterocycles. The van der Waals surface area contributed by atoms with E-state index in [9.17, 15) is 9.59 Å². The van der Waals surface area contributed by atoms with Gasteiger partial charge in [-0.1, -0.05) is 18.2 Å². The molecular formula is C20H22N2O3S. The number of carbonyl (C=O) groups excluding carboxylic acids is 2. The van der Waals surface area contributed by atoms with E-state index in [1.807, 2.05) is 30.3 Å². The Bertz CT molecular complexity index is 765. The van der Waals surface area contributed by atoms with E-state index in [2.05, 4.69) is 22.8 Å². The summed E-state index contributed by atoms with van der Waals surface area (Å²) in [5, 5.41) is 5.70. The van der Waals surface area contributed by atoms with Crippen molar-refractivity contribution in [1.82, 2.24) is 5.32 Å². The van der Waals surface area contributed by atoms with Gasteiger partial charge in [-0.25, -0.2) is 0 Å². The SMILES string of the molecule is O=C(COc1ccc2c(c1)CCC(=O)N2)NCCCSc1ccccc1. The first-order valence-corrected chi connectivity index (χ1v) is 9.69. The molecule has 2 aromatic rings. The number of ether oxygens (including phenoxy) is 1. The van der Waals surface area contributed by atoms with Crippen molar-refractivity contribution in [3.05, 3.63) is 54.1 Å². The van der Waals surface area contributed by atoms with Crippen molar-refractivity contribution in [2.75, 3.05) is 24.2 Å². The number of aryl methyl sites for hydroxylation is 1. The summed E-state index contributed by atoms with van der Waals surface area (Å²) >= 11 is 1.78. The Balaban J connectivity index is 1.33. The average Bonchev–Trinajstić information content (AvgIpc) is 2.67. The van der Waals surface area contributed by atoms with Gasteiger partial charge in [-0.2, -0.15) is 0 Å². The lowest BCUT2D eigenvalue weighted by atomic mass is 10.0. The van der Waals surface area contributed by atoms with Crippen LogP contribution in [0.3, 0.4) is 0 Å². The fourth-order valence-corrected chi connectivity index (χ4v) is 3.53. The second-order valence-electron chi connectivity index (χ2n) is 6.02. The lowest BCUT2D eigenvalue weighted by Crippen LogP contribution is -2.30. The molecule has 0 aliphatic carbocycles. The highest BCUT2D eigenvalue weighted by Crippen LogP contribution is 2.26. The van der Waals surface area contributed by atoms with Gasteiger partial charge in [-0.05, 0) is 54.5 Å². The Morgan fingerprint density at radius 3 is 2.85 bits per heavy atom. The molecule has 0 bridgehead atoms. The lowest BCUT2D eigenvalue weighted by molar-refractivity contribution is -0.123. The monoisotopic (exact) mass is 370 g/mol. The molecule has 0 fully saturated rings. The van der Waals surface area contributed by atoms with Crippen LogP contribution in [0.2, 0.25) is 0 Å². The summed E-state index contributed by atoms with van der Waals surface area (Å²) in [4.78, 5) is 24.5. The molecule has 1 heterocycles. The number of carbonyl (C=O) groups is 2. The highest BCUT2D eigenvalue weighted by atomic mass is 32.2. The van der Waals surface area contributed by atoms with E-state index >= 15 is 0 Å². The number of nitrogens with one attached hydrogen (secondary N) is 2. The van der Waals surface area contributed by atoms with Gasteiger partial charge in [0.25, 0.3) is 5.91 Å². The number of amides is 2. The molecule has 2 N–H and O–H groups in total. The van der Waals surface area contributed by atoms with Crippen LogP contribution < -0.4 is 15.4 Å². The van der Waals surface area contributed by atoms with Crippen molar-refractivity contribution >= 4 is 29.3 Å². The van der Waals surface area contributed by atoms with Crippen LogP contribution in [0.15, 0.2) is 53.4 Å². The molecule has 0 radical (unpaired) electrons. The van der Waals surface area contributed by atoms with Crippen LogP contribution in [0, 0.1) is 0 Å². The minimum absolute atomic E-state index is 0.00300. The number of benzene rings is 2. The van der Waals surface area contributed by atoms with E-state index in [1.54, 1.807) is 17.8 Å². The first kappa shape index (κ1) is 18.3. The normalized spacial score (nSPS) is 12.8. The van der Waals surface area contributed by atoms with Crippen LogP contribution in [0.5, 0.6) is 5.75 Å².